The Balaban J connectivity index is 1.83. The maximum absolute atomic E-state index is 12.2. The van der Waals surface area contributed by atoms with E-state index in [0.29, 0.717) is 16.6 Å². The predicted molar refractivity (Wildman–Crippen MR) is 97.9 cm³/mol. The number of fused-ring (bicyclic) bond motifs is 2. The third-order valence-electron chi connectivity index (χ3n) is 4.52. The minimum atomic E-state index is -0.949. The first-order valence-corrected chi connectivity index (χ1v) is 8.36. The van der Waals surface area contributed by atoms with E-state index in [4.69, 9.17) is 15.2 Å². The Kier molecular flexibility index (Phi) is 4.07. The summed E-state index contributed by atoms with van der Waals surface area (Å²) in [6, 6.07) is 5.93. The summed E-state index contributed by atoms with van der Waals surface area (Å²) in [5, 5.41) is 19.1. The Labute approximate surface area is 163 Å². The van der Waals surface area contributed by atoms with Crippen LogP contribution in [0.4, 0.5) is 4.79 Å². The van der Waals surface area contributed by atoms with E-state index in [1.807, 2.05) is 0 Å². The molecule has 2 aromatic carbocycles. The van der Waals surface area contributed by atoms with Crippen LogP contribution in [0.15, 0.2) is 24.3 Å². The van der Waals surface area contributed by atoms with Crippen LogP contribution in [-0.4, -0.2) is 57.1 Å². The van der Waals surface area contributed by atoms with E-state index in [1.165, 1.54) is 38.4 Å². The summed E-state index contributed by atoms with van der Waals surface area (Å²) in [6.45, 7) is -0.149. The third kappa shape index (κ3) is 2.88. The van der Waals surface area contributed by atoms with Crippen LogP contribution in [-0.2, 0) is 11.3 Å². The molecule has 1 aliphatic heterocycles. The van der Waals surface area contributed by atoms with Crippen molar-refractivity contribution >= 4 is 28.9 Å². The Morgan fingerprint density at radius 1 is 1.10 bits per heavy atom. The highest BCUT2D eigenvalue weighted by Crippen LogP contribution is 2.34. The van der Waals surface area contributed by atoms with Crippen molar-refractivity contribution in [3.63, 3.8) is 0 Å². The van der Waals surface area contributed by atoms with Gasteiger partial charge in [-0.2, -0.15) is 0 Å². The summed E-state index contributed by atoms with van der Waals surface area (Å²) in [6.07, 6.45) is -0.949. The van der Waals surface area contributed by atoms with Gasteiger partial charge < -0.3 is 20.3 Å². The first kappa shape index (κ1) is 18.2. The fourth-order valence-corrected chi connectivity index (χ4v) is 3.07. The van der Waals surface area contributed by atoms with Gasteiger partial charge in [0.15, 0.2) is 11.5 Å². The molecular weight excluding hydrogens is 382 g/mol. The molecule has 0 radical (unpaired) electrons. The van der Waals surface area contributed by atoms with Crippen LogP contribution in [0, 0.1) is 0 Å². The van der Waals surface area contributed by atoms with E-state index in [1.54, 1.807) is 0 Å². The lowest BCUT2D eigenvalue weighted by atomic mass is 10.1. The number of nitrogens with two attached hydrogens (primary N) is 1. The van der Waals surface area contributed by atoms with E-state index in [9.17, 15) is 19.5 Å². The number of rotatable bonds is 4. The van der Waals surface area contributed by atoms with Gasteiger partial charge in [0.05, 0.1) is 18.2 Å². The molecule has 0 atom stereocenters. The number of phenolic OH excluding ortho intramolecular Hbond substituents is 1. The van der Waals surface area contributed by atoms with E-state index < -0.39 is 17.9 Å². The summed E-state index contributed by atoms with van der Waals surface area (Å²) in [5.41, 5.74) is 6.81. The Morgan fingerprint density at radius 3 is 2.21 bits per heavy atom. The molecule has 1 aliphatic rings. The maximum atomic E-state index is 12.2. The van der Waals surface area contributed by atoms with Gasteiger partial charge in [-0.15, -0.1) is 15.0 Å². The number of hydrogen-bond acceptors (Lipinski definition) is 8. The van der Waals surface area contributed by atoms with Crippen LogP contribution in [0.2, 0.25) is 0 Å². The second-order valence-electron chi connectivity index (χ2n) is 6.32. The normalized spacial score (nSPS) is 13.1. The second-order valence-corrected chi connectivity index (χ2v) is 6.32. The first-order valence-electron chi connectivity index (χ1n) is 8.36. The lowest BCUT2D eigenvalue weighted by Gasteiger charge is -2.11. The van der Waals surface area contributed by atoms with Gasteiger partial charge in [-0.3, -0.25) is 14.5 Å². The minimum absolute atomic E-state index is 0.112. The van der Waals surface area contributed by atoms with Gasteiger partial charge in [0.25, 0.3) is 11.8 Å². The molecule has 0 bridgehead atoms. The molecular formula is C18H15N5O6. The van der Waals surface area contributed by atoms with Crippen molar-refractivity contribution in [2.24, 2.45) is 5.73 Å². The van der Waals surface area contributed by atoms with Gasteiger partial charge in [0, 0.05) is 7.05 Å². The van der Waals surface area contributed by atoms with Crippen molar-refractivity contribution in [3.05, 3.63) is 41.0 Å². The highest BCUT2D eigenvalue weighted by molar-refractivity contribution is 6.22. The lowest BCUT2D eigenvalue weighted by Crippen LogP contribution is -2.24. The van der Waals surface area contributed by atoms with Crippen LogP contribution in [0.3, 0.4) is 0 Å². The van der Waals surface area contributed by atoms with Crippen molar-refractivity contribution < 1.29 is 29.0 Å². The maximum Gasteiger partial charge on any atom is 0.404 e. The molecule has 0 fully saturated rings. The Bertz CT molecular complexity index is 1150. The summed E-state index contributed by atoms with van der Waals surface area (Å²) in [4.78, 5) is 37.4. The quantitative estimate of drug-likeness (QED) is 0.618. The van der Waals surface area contributed by atoms with E-state index in [-0.39, 0.29) is 34.9 Å². The van der Waals surface area contributed by atoms with Gasteiger partial charge in [-0.25, -0.2) is 4.79 Å². The number of aromatic nitrogens is 3. The van der Waals surface area contributed by atoms with Gasteiger partial charge >= 0.3 is 6.09 Å². The number of benzene rings is 2. The summed E-state index contributed by atoms with van der Waals surface area (Å²) in [5.74, 6) is -0.968. The SMILES string of the molecule is COc1cc(COC(N)=O)cc(-n2nc3cc4c(cc3n2)C(=O)N(C)C4=O)c1O. The molecule has 0 saturated heterocycles. The summed E-state index contributed by atoms with van der Waals surface area (Å²) in [7, 11) is 2.77. The van der Waals surface area contributed by atoms with E-state index in [0.717, 1.165) is 9.70 Å². The molecule has 11 nitrogen and oxygen atoms in total. The van der Waals surface area contributed by atoms with Crippen molar-refractivity contribution in [2.75, 3.05) is 14.2 Å². The number of primary amides is 1. The van der Waals surface area contributed by atoms with Gasteiger partial charge in [-0.05, 0) is 29.8 Å². The van der Waals surface area contributed by atoms with Gasteiger partial charge in [-0.1, -0.05) is 0 Å². The molecule has 0 saturated carbocycles. The predicted octanol–water partition coefficient (Wildman–Crippen LogP) is 0.956. The molecule has 3 N–H and O–H groups in total. The number of methoxy groups -OCH3 is 1. The van der Waals surface area contributed by atoms with Crippen LogP contribution in [0.1, 0.15) is 26.3 Å². The van der Waals surface area contributed by atoms with Crippen molar-refractivity contribution in [1.29, 1.82) is 0 Å². The molecule has 4 rings (SSSR count). The molecule has 3 aromatic rings. The Morgan fingerprint density at radius 2 is 1.69 bits per heavy atom. The average Bonchev–Trinajstić information content (AvgIpc) is 3.20. The number of nitrogens with zero attached hydrogens (tertiary/aromatic N) is 4. The molecule has 29 heavy (non-hydrogen) atoms. The van der Waals surface area contributed by atoms with Crippen molar-refractivity contribution in [1.82, 2.24) is 19.9 Å². The zero-order valence-corrected chi connectivity index (χ0v) is 15.4. The zero-order chi connectivity index (χ0) is 20.9. The molecule has 1 aromatic heterocycles. The van der Waals surface area contributed by atoms with Crippen LogP contribution in [0.25, 0.3) is 16.7 Å². The molecule has 0 unspecified atom stereocenters. The van der Waals surface area contributed by atoms with Crippen molar-refractivity contribution in [3.8, 4) is 17.2 Å². The number of ether oxygens (including phenoxy) is 2. The number of hydrogen-bond donors (Lipinski definition) is 2. The largest absolute Gasteiger partial charge is 0.503 e. The zero-order valence-electron chi connectivity index (χ0n) is 15.4. The number of phenols is 1. The highest BCUT2D eigenvalue weighted by Gasteiger charge is 2.33. The second kappa shape index (κ2) is 6.48. The minimum Gasteiger partial charge on any atom is -0.503 e. The molecule has 148 valence electrons. The van der Waals surface area contributed by atoms with E-state index >= 15 is 0 Å². The third-order valence-corrected chi connectivity index (χ3v) is 4.52. The fraction of sp³-hybridized carbons (Fsp3) is 0.167. The van der Waals surface area contributed by atoms with Gasteiger partial charge in [0.2, 0.25) is 0 Å². The van der Waals surface area contributed by atoms with Crippen molar-refractivity contribution in [2.45, 2.75) is 6.61 Å². The average molecular weight is 397 g/mol. The highest BCUT2D eigenvalue weighted by atomic mass is 16.5. The molecule has 3 amide bonds. The molecule has 2 heterocycles. The lowest BCUT2D eigenvalue weighted by molar-refractivity contribution is 0.0693. The molecule has 0 aliphatic carbocycles. The number of amides is 3. The summed E-state index contributed by atoms with van der Waals surface area (Å²) >= 11 is 0. The fourth-order valence-electron chi connectivity index (χ4n) is 3.07. The van der Waals surface area contributed by atoms with Crippen LogP contribution in [0.5, 0.6) is 11.5 Å². The van der Waals surface area contributed by atoms with E-state index in [2.05, 4.69) is 10.2 Å². The number of carbonyl (C=O) groups is 3. The molecule has 11 heteroatoms. The topological polar surface area (TPSA) is 150 Å². The smallest absolute Gasteiger partial charge is 0.404 e. The number of imide groups is 1. The Hall–Kier alpha value is -4.15. The summed E-state index contributed by atoms with van der Waals surface area (Å²) < 4.78 is 9.92. The van der Waals surface area contributed by atoms with Crippen LogP contribution >= 0.6 is 0 Å². The monoisotopic (exact) mass is 397 g/mol. The first-order chi connectivity index (χ1) is 13.8. The molecule has 0 spiro atoms. The van der Waals surface area contributed by atoms with Crippen LogP contribution < -0.4 is 10.5 Å². The number of aromatic hydroxyl groups is 1. The number of carbonyl (C=O) groups excluding carboxylic acids is 3. The standard InChI is InChI=1S/C18H15N5O6/c1-22-16(25)9-5-11-12(6-10(9)17(22)26)21-23(20-11)13-3-8(7-29-18(19)27)4-14(28-2)15(13)24/h3-6,24H,7H2,1-2H3,(H2,19,27). The van der Waals surface area contributed by atoms with Gasteiger partial charge in [0.1, 0.15) is 23.3 Å².